The summed E-state index contributed by atoms with van der Waals surface area (Å²) in [5.41, 5.74) is 0.186. The van der Waals surface area contributed by atoms with Crippen LogP contribution in [0, 0.1) is 0 Å². The zero-order valence-electron chi connectivity index (χ0n) is 10.7. The van der Waals surface area contributed by atoms with Gasteiger partial charge < -0.3 is 10.1 Å². The third kappa shape index (κ3) is 3.92. The summed E-state index contributed by atoms with van der Waals surface area (Å²) in [4.78, 5) is 11.6. The van der Waals surface area contributed by atoms with Gasteiger partial charge in [-0.15, -0.1) is 0 Å². The van der Waals surface area contributed by atoms with Crippen molar-refractivity contribution in [3.8, 4) is 5.75 Å². The third-order valence-electron chi connectivity index (χ3n) is 2.20. The van der Waals surface area contributed by atoms with Gasteiger partial charge in [0, 0.05) is 11.6 Å². The van der Waals surface area contributed by atoms with Crippen LogP contribution in [0.25, 0.3) is 0 Å². The van der Waals surface area contributed by atoms with Crippen molar-refractivity contribution in [1.29, 1.82) is 0 Å². The van der Waals surface area contributed by atoms with Crippen molar-refractivity contribution in [2.45, 2.75) is 24.8 Å². The normalized spacial score (nSPS) is 11.5. The van der Waals surface area contributed by atoms with Gasteiger partial charge in [0.05, 0.1) is 11.6 Å². The molecule has 0 aliphatic heterocycles. The first-order valence-corrected chi connectivity index (χ1v) is 7.72. The van der Waals surface area contributed by atoms with E-state index >= 15 is 0 Å². The third-order valence-corrected chi connectivity index (χ3v) is 3.71. The van der Waals surface area contributed by atoms with Crippen molar-refractivity contribution in [2.24, 2.45) is 5.14 Å². The Labute approximate surface area is 120 Å². The van der Waals surface area contributed by atoms with Crippen molar-refractivity contribution in [3.63, 3.8) is 0 Å². The molecule has 1 amide bonds. The first-order chi connectivity index (χ1) is 8.66. The zero-order chi connectivity index (χ0) is 14.8. The average Bonchev–Trinajstić information content (AvgIpc) is 2.25. The van der Waals surface area contributed by atoms with Crippen molar-refractivity contribution >= 4 is 31.9 Å². The standard InChI is InChI=1S/C11H15BrN2O4S/c1-6(2)14-11(15)7-4-8(12)10(18-3)9(5-7)19(13,16)17/h4-6H,1-3H3,(H,14,15)(H2,13,16,17). The van der Waals surface area contributed by atoms with E-state index in [-0.39, 0.29) is 28.2 Å². The molecule has 0 spiro atoms. The number of hydrogen-bond acceptors (Lipinski definition) is 4. The number of nitrogens with one attached hydrogen (secondary N) is 1. The molecule has 0 unspecified atom stereocenters. The largest absolute Gasteiger partial charge is 0.494 e. The summed E-state index contributed by atoms with van der Waals surface area (Å²) in [6.45, 7) is 3.61. The van der Waals surface area contributed by atoms with Crippen LogP contribution >= 0.6 is 15.9 Å². The Hall–Kier alpha value is -1.12. The summed E-state index contributed by atoms with van der Waals surface area (Å²) in [7, 11) is -2.67. The van der Waals surface area contributed by atoms with E-state index in [1.165, 1.54) is 19.2 Å². The van der Waals surface area contributed by atoms with Crippen LogP contribution in [0.2, 0.25) is 0 Å². The highest BCUT2D eigenvalue weighted by molar-refractivity contribution is 9.10. The Balaban J connectivity index is 3.40. The maximum atomic E-state index is 11.9. The van der Waals surface area contributed by atoms with E-state index in [4.69, 9.17) is 9.88 Å². The molecule has 0 aliphatic rings. The first-order valence-electron chi connectivity index (χ1n) is 5.38. The van der Waals surface area contributed by atoms with E-state index in [9.17, 15) is 13.2 Å². The lowest BCUT2D eigenvalue weighted by Crippen LogP contribution is -2.30. The molecular weight excluding hydrogens is 336 g/mol. The molecule has 0 fully saturated rings. The second-order valence-corrected chi connectivity index (χ2v) is 6.55. The van der Waals surface area contributed by atoms with E-state index in [1.54, 1.807) is 13.8 Å². The van der Waals surface area contributed by atoms with Crippen LogP contribution in [-0.4, -0.2) is 27.5 Å². The van der Waals surface area contributed by atoms with Crippen molar-refractivity contribution in [2.75, 3.05) is 7.11 Å². The van der Waals surface area contributed by atoms with E-state index in [1.807, 2.05) is 0 Å². The molecule has 0 heterocycles. The van der Waals surface area contributed by atoms with Gasteiger partial charge in [0.15, 0.2) is 5.75 Å². The topological polar surface area (TPSA) is 98.5 Å². The molecule has 8 heteroatoms. The molecular formula is C11H15BrN2O4S. The molecule has 1 aromatic carbocycles. The van der Waals surface area contributed by atoms with Gasteiger partial charge in [-0.1, -0.05) is 0 Å². The highest BCUT2D eigenvalue weighted by Crippen LogP contribution is 2.33. The van der Waals surface area contributed by atoms with Gasteiger partial charge in [-0.25, -0.2) is 13.6 Å². The van der Waals surface area contributed by atoms with Gasteiger partial charge in [0.25, 0.3) is 5.91 Å². The van der Waals surface area contributed by atoms with Crippen LogP contribution < -0.4 is 15.2 Å². The SMILES string of the molecule is COc1c(Br)cc(C(=O)NC(C)C)cc1S(N)(=O)=O. The molecule has 1 aromatic rings. The highest BCUT2D eigenvalue weighted by atomic mass is 79.9. The summed E-state index contributed by atoms with van der Waals surface area (Å²) in [6, 6.07) is 2.60. The number of rotatable bonds is 4. The molecule has 0 atom stereocenters. The fourth-order valence-corrected chi connectivity index (χ4v) is 2.95. The Bertz CT molecular complexity index is 599. The number of carbonyl (C=O) groups excluding carboxylic acids is 1. The van der Waals surface area contributed by atoms with Crippen molar-refractivity contribution in [3.05, 3.63) is 22.2 Å². The minimum absolute atomic E-state index is 0.0636. The van der Waals surface area contributed by atoms with Crippen LogP contribution in [0.3, 0.4) is 0 Å². The van der Waals surface area contributed by atoms with Gasteiger partial charge in [0.2, 0.25) is 10.0 Å². The van der Waals surface area contributed by atoms with E-state index < -0.39 is 10.0 Å². The number of amides is 1. The quantitative estimate of drug-likeness (QED) is 0.853. The minimum Gasteiger partial charge on any atom is -0.494 e. The second kappa shape index (κ2) is 5.89. The summed E-state index contributed by atoms with van der Waals surface area (Å²) >= 11 is 3.16. The smallest absolute Gasteiger partial charge is 0.251 e. The molecule has 19 heavy (non-hydrogen) atoms. The number of sulfonamides is 1. The predicted molar refractivity (Wildman–Crippen MR) is 74.7 cm³/mol. The number of nitrogens with two attached hydrogens (primary N) is 1. The summed E-state index contributed by atoms with van der Waals surface area (Å²) in [5, 5.41) is 7.78. The molecule has 0 aliphatic carbocycles. The fourth-order valence-electron chi connectivity index (χ4n) is 1.45. The number of carbonyl (C=O) groups is 1. The van der Waals surface area contributed by atoms with Crippen molar-refractivity contribution < 1.29 is 17.9 Å². The number of methoxy groups -OCH3 is 1. The predicted octanol–water partition coefficient (Wildman–Crippen LogP) is 1.24. The molecule has 1 rings (SSSR count). The Morgan fingerprint density at radius 2 is 2.00 bits per heavy atom. The lowest BCUT2D eigenvalue weighted by atomic mass is 10.2. The van der Waals surface area contributed by atoms with Gasteiger partial charge >= 0.3 is 0 Å². The molecule has 3 N–H and O–H groups in total. The fraction of sp³-hybridized carbons (Fsp3) is 0.364. The van der Waals surface area contributed by atoms with Gasteiger partial charge in [-0.3, -0.25) is 4.79 Å². The molecule has 106 valence electrons. The monoisotopic (exact) mass is 350 g/mol. The Morgan fingerprint density at radius 3 is 2.42 bits per heavy atom. The van der Waals surface area contributed by atoms with Crippen LogP contribution in [0.15, 0.2) is 21.5 Å². The molecule has 0 saturated carbocycles. The number of hydrogen-bond donors (Lipinski definition) is 2. The first kappa shape index (κ1) is 15.9. The van der Waals surface area contributed by atoms with Crippen molar-refractivity contribution in [1.82, 2.24) is 5.32 Å². The zero-order valence-corrected chi connectivity index (χ0v) is 13.1. The minimum atomic E-state index is -3.99. The van der Waals surface area contributed by atoms with Crippen LogP contribution in [0.4, 0.5) is 0 Å². The Kier molecular flexibility index (Phi) is 4.94. The molecule has 6 nitrogen and oxygen atoms in total. The van der Waals surface area contributed by atoms with Crippen LogP contribution in [0.1, 0.15) is 24.2 Å². The van der Waals surface area contributed by atoms with Crippen LogP contribution in [0.5, 0.6) is 5.75 Å². The van der Waals surface area contributed by atoms with Gasteiger partial charge in [0.1, 0.15) is 4.90 Å². The second-order valence-electron chi connectivity index (χ2n) is 4.16. The van der Waals surface area contributed by atoms with E-state index in [0.29, 0.717) is 4.47 Å². The summed E-state index contributed by atoms with van der Waals surface area (Å²) in [6.07, 6.45) is 0. The lowest BCUT2D eigenvalue weighted by molar-refractivity contribution is 0.0943. The number of primary sulfonamides is 1. The molecule has 0 bridgehead atoms. The van der Waals surface area contributed by atoms with Crippen LogP contribution in [-0.2, 0) is 10.0 Å². The van der Waals surface area contributed by atoms with Gasteiger partial charge in [-0.05, 0) is 41.9 Å². The van der Waals surface area contributed by atoms with E-state index in [0.717, 1.165) is 0 Å². The number of benzene rings is 1. The average molecular weight is 351 g/mol. The summed E-state index contributed by atoms with van der Waals surface area (Å²) in [5.74, 6) is -0.313. The summed E-state index contributed by atoms with van der Waals surface area (Å²) < 4.78 is 28.3. The maximum absolute atomic E-state index is 11.9. The molecule has 0 radical (unpaired) electrons. The van der Waals surface area contributed by atoms with E-state index in [2.05, 4.69) is 21.2 Å². The van der Waals surface area contributed by atoms with Gasteiger partial charge in [-0.2, -0.15) is 0 Å². The number of ether oxygens (including phenoxy) is 1. The highest BCUT2D eigenvalue weighted by Gasteiger charge is 2.21. The number of halogens is 1. The molecule has 0 saturated heterocycles. The molecule has 0 aromatic heterocycles. The maximum Gasteiger partial charge on any atom is 0.251 e. The Morgan fingerprint density at radius 1 is 1.42 bits per heavy atom. The lowest BCUT2D eigenvalue weighted by Gasteiger charge is -2.13.